The molecule has 1 saturated heterocycles. The molecule has 2 aliphatic rings. The molecule has 1 N–H and O–H groups in total. The minimum Gasteiger partial charge on any atom is -0.493 e. The lowest BCUT2D eigenvalue weighted by molar-refractivity contribution is -0.125. The van der Waals surface area contributed by atoms with Crippen LogP contribution in [0.4, 0.5) is 0 Å². The molecular weight excluding hydrogens is 508 g/mol. The number of hydrogen-bond acceptors (Lipinski definition) is 7. The van der Waals surface area contributed by atoms with Crippen LogP contribution < -0.4 is 14.8 Å². The smallest absolute Gasteiger partial charge is 0.254 e. The number of fused-ring (bicyclic) bond motifs is 5. The molecule has 0 spiro atoms. The quantitative estimate of drug-likeness (QED) is 0.519. The number of carbonyl (C=O) groups excluding carboxylic acids is 2. The van der Waals surface area contributed by atoms with E-state index in [0.29, 0.717) is 42.5 Å². The number of ether oxygens (including phenoxy) is 3. The van der Waals surface area contributed by atoms with Crippen molar-refractivity contribution in [2.45, 2.75) is 45.1 Å². The fourth-order valence-electron chi connectivity index (χ4n) is 5.25. The van der Waals surface area contributed by atoms with E-state index in [0.717, 1.165) is 31.5 Å². The number of amides is 2. The predicted molar refractivity (Wildman–Crippen MR) is 150 cm³/mol. The van der Waals surface area contributed by atoms with Gasteiger partial charge in [0.2, 0.25) is 5.91 Å². The van der Waals surface area contributed by atoms with Crippen molar-refractivity contribution in [2.24, 2.45) is 0 Å². The Morgan fingerprint density at radius 3 is 2.75 bits per heavy atom. The van der Waals surface area contributed by atoms with Crippen LogP contribution in [0.25, 0.3) is 0 Å². The molecule has 1 aromatic heterocycles. The summed E-state index contributed by atoms with van der Waals surface area (Å²) in [6.07, 6.45) is 4.85. The lowest BCUT2D eigenvalue weighted by Gasteiger charge is -2.39. The SMILES string of the molecule is CCCN1CC(=O)N[C@H]2CCN(Cc3ccncc3)C[C@@H]2OCc2cccc(c2)Oc2cc(ccc2OC)C1=O. The molecule has 0 radical (unpaired) electrons. The van der Waals surface area contributed by atoms with Gasteiger partial charge in [0.15, 0.2) is 11.5 Å². The second kappa shape index (κ2) is 12.9. The molecule has 1 fully saturated rings. The summed E-state index contributed by atoms with van der Waals surface area (Å²) in [5.74, 6) is 1.14. The monoisotopic (exact) mass is 544 g/mol. The highest BCUT2D eigenvalue weighted by molar-refractivity contribution is 5.97. The highest BCUT2D eigenvalue weighted by Crippen LogP contribution is 2.33. The van der Waals surface area contributed by atoms with Gasteiger partial charge in [-0.25, -0.2) is 0 Å². The summed E-state index contributed by atoms with van der Waals surface area (Å²) in [6, 6.07) is 16.7. The minimum atomic E-state index is -0.231. The number of piperidine rings is 1. The zero-order valence-corrected chi connectivity index (χ0v) is 23.0. The molecular formula is C31H36N4O5. The topological polar surface area (TPSA) is 93.2 Å². The first kappa shape index (κ1) is 27.6. The Labute approximate surface area is 235 Å². The number of likely N-dealkylation sites (tertiary alicyclic amines) is 1. The third kappa shape index (κ3) is 6.78. The average Bonchev–Trinajstić information content (AvgIpc) is 2.97. The molecule has 2 aromatic carbocycles. The van der Waals surface area contributed by atoms with Crippen LogP contribution in [-0.2, 0) is 22.7 Å². The van der Waals surface area contributed by atoms with E-state index in [1.807, 2.05) is 43.3 Å². The van der Waals surface area contributed by atoms with Crippen LogP contribution >= 0.6 is 0 Å². The summed E-state index contributed by atoms with van der Waals surface area (Å²) < 4.78 is 18.1. The Morgan fingerprint density at radius 1 is 1.10 bits per heavy atom. The molecule has 3 aromatic rings. The summed E-state index contributed by atoms with van der Waals surface area (Å²) in [5.41, 5.74) is 2.56. The van der Waals surface area contributed by atoms with Gasteiger partial charge >= 0.3 is 0 Å². The van der Waals surface area contributed by atoms with E-state index in [1.54, 1.807) is 42.6 Å². The van der Waals surface area contributed by atoms with Crippen LogP contribution in [-0.4, -0.2) is 72.0 Å². The second-order valence-electron chi connectivity index (χ2n) is 10.2. The standard InChI is InChI=1S/C31H36N4O5/c1-3-14-35-20-30(36)33-26-11-15-34(18-22-9-12-32-13-10-22)19-29(26)39-21-23-5-4-6-25(16-23)40-28-17-24(31(35)37)7-8-27(28)38-2/h4-10,12-13,16-17,26,29H,3,11,14-15,18-21H2,1-2H3,(H,33,36)/t26-,29-/m0/s1. The molecule has 2 aliphatic heterocycles. The van der Waals surface area contributed by atoms with Gasteiger partial charge in [0.05, 0.1) is 32.4 Å². The molecule has 5 rings (SSSR count). The van der Waals surface area contributed by atoms with Crippen molar-refractivity contribution in [1.29, 1.82) is 0 Å². The van der Waals surface area contributed by atoms with Crippen molar-refractivity contribution in [3.8, 4) is 17.2 Å². The first-order valence-corrected chi connectivity index (χ1v) is 13.8. The maximum absolute atomic E-state index is 13.5. The normalized spacial score (nSPS) is 20.3. The van der Waals surface area contributed by atoms with Crippen molar-refractivity contribution in [3.05, 3.63) is 83.7 Å². The molecule has 3 heterocycles. The first-order chi connectivity index (χ1) is 19.5. The van der Waals surface area contributed by atoms with E-state index in [4.69, 9.17) is 14.2 Å². The number of hydrogen-bond donors (Lipinski definition) is 1. The van der Waals surface area contributed by atoms with E-state index in [9.17, 15) is 9.59 Å². The van der Waals surface area contributed by atoms with Gasteiger partial charge in [-0.15, -0.1) is 0 Å². The first-order valence-electron chi connectivity index (χ1n) is 13.8. The van der Waals surface area contributed by atoms with Gasteiger partial charge in [-0.1, -0.05) is 19.1 Å². The van der Waals surface area contributed by atoms with Crippen LogP contribution in [0.15, 0.2) is 67.0 Å². The molecule has 0 unspecified atom stereocenters. The predicted octanol–water partition coefficient (Wildman–Crippen LogP) is 4.02. The lowest BCUT2D eigenvalue weighted by Crippen LogP contribution is -2.56. The van der Waals surface area contributed by atoms with Crippen LogP contribution in [0.3, 0.4) is 0 Å². The second-order valence-corrected chi connectivity index (χ2v) is 10.2. The van der Waals surface area contributed by atoms with Crippen molar-refractivity contribution < 1.29 is 23.8 Å². The molecule has 9 heteroatoms. The van der Waals surface area contributed by atoms with E-state index in [1.165, 1.54) is 5.56 Å². The van der Waals surface area contributed by atoms with Crippen molar-refractivity contribution >= 4 is 11.8 Å². The van der Waals surface area contributed by atoms with Crippen molar-refractivity contribution in [1.82, 2.24) is 20.1 Å². The summed E-state index contributed by atoms with van der Waals surface area (Å²) in [6.45, 7) is 5.06. The Balaban J connectivity index is 1.43. The molecule has 2 amide bonds. The fraction of sp³-hybridized carbons (Fsp3) is 0.387. The number of rotatable bonds is 5. The zero-order chi connectivity index (χ0) is 27.9. The molecule has 210 valence electrons. The molecule has 2 atom stereocenters. The van der Waals surface area contributed by atoms with Gasteiger partial charge in [0, 0.05) is 44.1 Å². The van der Waals surface area contributed by atoms with E-state index >= 15 is 0 Å². The summed E-state index contributed by atoms with van der Waals surface area (Å²) in [5, 5.41) is 3.19. The maximum Gasteiger partial charge on any atom is 0.254 e. The van der Waals surface area contributed by atoms with Gasteiger partial charge in [-0.2, -0.15) is 0 Å². The molecule has 40 heavy (non-hydrogen) atoms. The minimum absolute atomic E-state index is 0.0299. The molecule has 0 saturated carbocycles. The van der Waals surface area contributed by atoms with Crippen LogP contribution in [0.2, 0.25) is 0 Å². The Morgan fingerprint density at radius 2 is 1.95 bits per heavy atom. The summed E-state index contributed by atoms with van der Waals surface area (Å²) in [7, 11) is 1.56. The number of methoxy groups -OCH3 is 1. The Bertz CT molecular complexity index is 1320. The molecule has 0 aliphatic carbocycles. The van der Waals surface area contributed by atoms with E-state index < -0.39 is 0 Å². The van der Waals surface area contributed by atoms with Crippen molar-refractivity contribution in [2.75, 3.05) is 33.3 Å². The van der Waals surface area contributed by atoms with Crippen LogP contribution in [0.5, 0.6) is 17.2 Å². The van der Waals surface area contributed by atoms with Gasteiger partial charge in [0.1, 0.15) is 5.75 Å². The fourth-order valence-corrected chi connectivity index (χ4v) is 5.25. The molecule has 4 bridgehead atoms. The Kier molecular flexibility index (Phi) is 8.93. The van der Waals surface area contributed by atoms with Crippen LogP contribution in [0.1, 0.15) is 41.3 Å². The highest BCUT2D eigenvalue weighted by Gasteiger charge is 2.32. The summed E-state index contributed by atoms with van der Waals surface area (Å²) >= 11 is 0. The van der Waals surface area contributed by atoms with Gasteiger partial charge < -0.3 is 24.4 Å². The number of pyridine rings is 1. The van der Waals surface area contributed by atoms with Gasteiger partial charge in [-0.05, 0) is 66.4 Å². The molecule has 9 nitrogen and oxygen atoms in total. The van der Waals surface area contributed by atoms with Crippen LogP contribution in [0, 0.1) is 0 Å². The van der Waals surface area contributed by atoms with Gasteiger partial charge in [0.25, 0.3) is 5.91 Å². The number of nitrogens with zero attached hydrogens (tertiary/aromatic N) is 3. The van der Waals surface area contributed by atoms with Gasteiger partial charge in [-0.3, -0.25) is 19.5 Å². The van der Waals surface area contributed by atoms with Crippen molar-refractivity contribution in [3.63, 3.8) is 0 Å². The third-order valence-corrected chi connectivity index (χ3v) is 7.26. The van der Waals surface area contributed by atoms with E-state index in [2.05, 4.69) is 15.2 Å². The largest absolute Gasteiger partial charge is 0.493 e. The van der Waals surface area contributed by atoms with E-state index in [-0.39, 0.29) is 30.5 Å². The lowest BCUT2D eigenvalue weighted by atomic mass is 10.0. The summed E-state index contributed by atoms with van der Waals surface area (Å²) in [4.78, 5) is 34.8. The number of nitrogens with one attached hydrogen (secondary N) is 1. The third-order valence-electron chi connectivity index (χ3n) is 7.26. The Hall–Kier alpha value is -3.95. The number of aromatic nitrogens is 1. The average molecular weight is 545 g/mol. The number of benzene rings is 2. The maximum atomic E-state index is 13.5. The zero-order valence-electron chi connectivity index (χ0n) is 23.0. The highest BCUT2D eigenvalue weighted by atomic mass is 16.5. The number of carbonyl (C=O) groups is 2.